The maximum absolute atomic E-state index is 13.2. The molecule has 4 N–H and O–H groups in total. The fourth-order valence-electron chi connectivity index (χ4n) is 2.31. The normalized spacial score (nSPS) is 10.9. The van der Waals surface area contributed by atoms with Crippen LogP contribution in [0.1, 0.15) is 11.1 Å². The molecule has 138 valence electrons. The lowest BCUT2D eigenvalue weighted by Crippen LogP contribution is -2.05. The van der Waals surface area contributed by atoms with E-state index in [1.165, 1.54) is 18.5 Å². The van der Waals surface area contributed by atoms with Crippen molar-refractivity contribution in [3.63, 3.8) is 0 Å². The van der Waals surface area contributed by atoms with Crippen LogP contribution in [0.4, 0.5) is 21.7 Å². The summed E-state index contributed by atoms with van der Waals surface area (Å²) in [6, 6.07) is 11.2. The van der Waals surface area contributed by atoms with Crippen molar-refractivity contribution in [2.75, 3.05) is 11.1 Å². The van der Waals surface area contributed by atoms with Gasteiger partial charge in [-0.05, 0) is 35.9 Å². The smallest absolute Gasteiger partial charge is 0.144 e. The number of aromatic nitrogens is 2. The molecule has 2 aromatic carbocycles. The molecule has 0 saturated carbocycles. The van der Waals surface area contributed by atoms with Crippen LogP contribution in [-0.4, -0.2) is 21.4 Å². The molecule has 9 heteroatoms. The third-order valence-electron chi connectivity index (χ3n) is 3.58. The van der Waals surface area contributed by atoms with Crippen molar-refractivity contribution in [3.8, 4) is 5.75 Å². The Morgan fingerprint density at radius 1 is 1.26 bits per heavy atom. The molecular weight excluding hydrogens is 373 g/mol. The molecule has 7 nitrogen and oxygen atoms in total. The molecule has 0 radical (unpaired) electrons. The van der Waals surface area contributed by atoms with Gasteiger partial charge in [0.25, 0.3) is 0 Å². The number of nitrogens with zero attached hydrogens (tertiary/aromatic N) is 3. The van der Waals surface area contributed by atoms with Crippen molar-refractivity contribution in [1.29, 1.82) is 0 Å². The third-order valence-corrected chi connectivity index (χ3v) is 3.87. The van der Waals surface area contributed by atoms with Crippen LogP contribution in [-0.2, 0) is 6.61 Å². The maximum Gasteiger partial charge on any atom is 0.144 e. The van der Waals surface area contributed by atoms with Gasteiger partial charge >= 0.3 is 0 Å². The number of oxime groups is 1. The highest BCUT2D eigenvalue weighted by Crippen LogP contribution is 2.30. The quantitative estimate of drug-likeness (QED) is 0.335. The Morgan fingerprint density at radius 3 is 2.85 bits per heavy atom. The largest absolute Gasteiger partial charge is 0.487 e. The summed E-state index contributed by atoms with van der Waals surface area (Å²) in [6.45, 7) is 0.184. The van der Waals surface area contributed by atoms with Gasteiger partial charge in [0.1, 0.15) is 36.1 Å². The second-order valence-corrected chi connectivity index (χ2v) is 5.86. The molecule has 0 aliphatic rings. The van der Waals surface area contributed by atoms with Crippen LogP contribution >= 0.6 is 11.6 Å². The van der Waals surface area contributed by atoms with Gasteiger partial charge in [-0.25, -0.2) is 14.4 Å². The molecule has 3 aromatic rings. The van der Waals surface area contributed by atoms with Crippen LogP contribution < -0.4 is 15.8 Å². The van der Waals surface area contributed by atoms with E-state index in [0.29, 0.717) is 33.4 Å². The monoisotopic (exact) mass is 387 g/mol. The van der Waals surface area contributed by atoms with Crippen LogP contribution in [0.5, 0.6) is 5.75 Å². The number of halogens is 2. The molecule has 1 aromatic heterocycles. The lowest BCUT2D eigenvalue weighted by molar-refractivity contribution is 0.306. The zero-order chi connectivity index (χ0) is 19.2. The number of benzene rings is 2. The topological polar surface area (TPSA) is 106 Å². The van der Waals surface area contributed by atoms with Crippen LogP contribution in [0.3, 0.4) is 0 Å². The molecule has 27 heavy (non-hydrogen) atoms. The van der Waals surface area contributed by atoms with E-state index >= 15 is 0 Å². The van der Waals surface area contributed by atoms with Gasteiger partial charge in [0, 0.05) is 5.69 Å². The van der Waals surface area contributed by atoms with Crippen molar-refractivity contribution in [2.24, 2.45) is 5.16 Å². The summed E-state index contributed by atoms with van der Waals surface area (Å²) in [6.07, 6.45) is 2.42. The lowest BCUT2D eigenvalue weighted by Gasteiger charge is -2.12. The predicted octanol–water partition coefficient (Wildman–Crippen LogP) is 3.98. The van der Waals surface area contributed by atoms with E-state index in [1.807, 2.05) is 0 Å². The van der Waals surface area contributed by atoms with E-state index < -0.39 is 0 Å². The first kappa shape index (κ1) is 18.4. The number of ether oxygens (including phenoxy) is 1. The van der Waals surface area contributed by atoms with E-state index in [1.54, 1.807) is 30.3 Å². The molecule has 0 unspecified atom stereocenters. The number of hydrogen-bond acceptors (Lipinski definition) is 7. The van der Waals surface area contributed by atoms with Gasteiger partial charge < -0.3 is 21.0 Å². The van der Waals surface area contributed by atoms with E-state index in [4.69, 9.17) is 27.3 Å². The summed E-state index contributed by atoms with van der Waals surface area (Å²) >= 11 is 6.26. The molecule has 0 atom stereocenters. The standard InChI is InChI=1S/C18H15ClFN5O2/c19-15-7-13(25-18-14(8-24-26)17(21)22-10-23-18)4-5-16(15)27-9-11-2-1-3-12(20)6-11/h1-8,10,26H,9H2,(H3,21,22,23,25). The highest BCUT2D eigenvalue weighted by atomic mass is 35.5. The first-order valence-corrected chi connectivity index (χ1v) is 8.16. The average molecular weight is 388 g/mol. The Balaban J connectivity index is 1.74. The predicted molar refractivity (Wildman–Crippen MR) is 101 cm³/mol. The van der Waals surface area contributed by atoms with Crippen LogP contribution in [0.15, 0.2) is 53.9 Å². The van der Waals surface area contributed by atoms with Crippen LogP contribution in [0.2, 0.25) is 5.02 Å². The van der Waals surface area contributed by atoms with Crippen molar-refractivity contribution >= 4 is 35.1 Å². The van der Waals surface area contributed by atoms with Gasteiger partial charge in [-0.2, -0.15) is 0 Å². The van der Waals surface area contributed by atoms with Crippen molar-refractivity contribution in [1.82, 2.24) is 9.97 Å². The van der Waals surface area contributed by atoms with Gasteiger partial charge in [0.15, 0.2) is 0 Å². The highest BCUT2D eigenvalue weighted by Gasteiger charge is 2.10. The van der Waals surface area contributed by atoms with Crippen LogP contribution in [0, 0.1) is 5.82 Å². The second kappa shape index (κ2) is 8.33. The zero-order valence-corrected chi connectivity index (χ0v) is 14.7. The number of nitrogens with two attached hydrogens (primary N) is 1. The highest BCUT2D eigenvalue weighted by molar-refractivity contribution is 6.32. The summed E-state index contributed by atoms with van der Waals surface area (Å²) in [5.41, 5.74) is 7.40. The molecule has 0 spiro atoms. The summed E-state index contributed by atoms with van der Waals surface area (Å²) in [5.74, 6) is 0.634. The molecule has 0 saturated heterocycles. The number of anilines is 3. The van der Waals surface area contributed by atoms with E-state index in [9.17, 15) is 4.39 Å². The van der Waals surface area contributed by atoms with Crippen molar-refractivity contribution in [3.05, 3.63) is 70.8 Å². The van der Waals surface area contributed by atoms with Gasteiger partial charge in [0.2, 0.25) is 0 Å². The van der Waals surface area contributed by atoms with Gasteiger partial charge in [0.05, 0.1) is 16.8 Å². The zero-order valence-electron chi connectivity index (χ0n) is 13.9. The molecule has 0 aliphatic heterocycles. The van der Waals surface area contributed by atoms with Gasteiger partial charge in [-0.3, -0.25) is 0 Å². The first-order chi connectivity index (χ1) is 13.1. The molecule has 0 amide bonds. The summed E-state index contributed by atoms with van der Waals surface area (Å²) < 4.78 is 18.9. The summed E-state index contributed by atoms with van der Waals surface area (Å²) in [7, 11) is 0. The van der Waals surface area contributed by atoms with Crippen LogP contribution in [0.25, 0.3) is 0 Å². The van der Waals surface area contributed by atoms with E-state index in [-0.39, 0.29) is 18.2 Å². The Hall–Kier alpha value is -3.39. The Bertz CT molecular complexity index is 984. The molecule has 0 bridgehead atoms. The molecule has 3 rings (SSSR count). The SMILES string of the molecule is Nc1ncnc(Nc2ccc(OCc3cccc(F)c3)c(Cl)c2)c1C=NO. The minimum atomic E-state index is -0.326. The Kier molecular flexibility index (Phi) is 5.68. The molecule has 0 aliphatic carbocycles. The molecule has 1 heterocycles. The molecule has 0 fully saturated rings. The fourth-order valence-corrected chi connectivity index (χ4v) is 2.55. The summed E-state index contributed by atoms with van der Waals surface area (Å²) in [4.78, 5) is 7.92. The number of rotatable bonds is 6. The van der Waals surface area contributed by atoms with Crippen molar-refractivity contribution < 1.29 is 14.3 Å². The minimum absolute atomic E-state index is 0.159. The Labute approximate surface area is 159 Å². The summed E-state index contributed by atoms with van der Waals surface area (Å²) in [5, 5.41) is 15.1. The van der Waals surface area contributed by atoms with Crippen molar-refractivity contribution in [2.45, 2.75) is 6.61 Å². The maximum atomic E-state index is 13.2. The lowest BCUT2D eigenvalue weighted by atomic mass is 10.2. The van der Waals surface area contributed by atoms with E-state index in [2.05, 4.69) is 20.4 Å². The third kappa shape index (κ3) is 4.62. The van der Waals surface area contributed by atoms with Gasteiger partial charge in [-0.15, -0.1) is 0 Å². The van der Waals surface area contributed by atoms with E-state index in [0.717, 1.165) is 6.21 Å². The number of nitrogen functional groups attached to an aromatic ring is 1. The first-order valence-electron chi connectivity index (χ1n) is 7.78. The number of hydrogen-bond donors (Lipinski definition) is 3. The Morgan fingerprint density at radius 2 is 2.11 bits per heavy atom. The second-order valence-electron chi connectivity index (χ2n) is 5.45. The minimum Gasteiger partial charge on any atom is -0.487 e. The average Bonchev–Trinajstić information content (AvgIpc) is 2.64. The fraction of sp³-hybridized carbons (Fsp3) is 0.0556. The number of nitrogens with one attached hydrogen (secondary N) is 1. The van der Waals surface area contributed by atoms with Gasteiger partial charge in [-0.1, -0.05) is 28.9 Å². The molecular formula is C18H15ClFN5O2.